The molecule has 0 fully saturated rings. The fourth-order valence-corrected chi connectivity index (χ4v) is 2.10. The summed E-state index contributed by atoms with van der Waals surface area (Å²) in [4.78, 5) is 8.57. The lowest BCUT2D eigenvalue weighted by Gasteiger charge is -2.12. The van der Waals surface area contributed by atoms with Crippen LogP contribution in [0.25, 0.3) is 0 Å². The smallest absolute Gasteiger partial charge is 0.213 e. The Bertz CT molecular complexity index is 709. The van der Waals surface area contributed by atoms with E-state index in [0.717, 1.165) is 17.7 Å². The molecule has 0 unspecified atom stereocenters. The molecule has 2 N–H and O–H groups in total. The van der Waals surface area contributed by atoms with Gasteiger partial charge in [0.1, 0.15) is 5.82 Å². The summed E-state index contributed by atoms with van der Waals surface area (Å²) in [7, 11) is 1.59. The third-order valence-electron chi connectivity index (χ3n) is 3.47. The highest BCUT2D eigenvalue weighted by Crippen LogP contribution is 2.10. The first-order chi connectivity index (χ1) is 11.6. The molecule has 25 heavy (non-hydrogen) atoms. The van der Waals surface area contributed by atoms with E-state index < -0.39 is 0 Å². The molecule has 0 atom stereocenters. The number of rotatable bonds is 6. The Morgan fingerprint density at radius 2 is 2.00 bits per heavy atom. The summed E-state index contributed by atoms with van der Waals surface area (Å²) >= 11 is 0. The maximum atomic E-state index is 13.6. The Morgan fingerprint density at radius 1 is 1.20 bits per heavy atom. The minimum Gasteiger partial charge on any atom is -0.481 e. The van der Waals surface area contributed by atoms with Gasteiger partial charge in [-0.25, -0.2) is 14.4 Å². The lowest BCUT2D eigenvalue weighted by atomic mass is 10.1. The van der Waals surface area contributed by atoms with Crippen molar-refractivity contribution in [2.24, 2.45) is 4.99 Å². The third kappa shape index (κ3) is 6.85. The van der Waals surface area contributed by atoms with Crippen LogP contribution in [0.2, 0.25) is 0 Å². The molecule has 0 saturated carbocycles. The summed E-state index contributed by atoms with van der Waals surface area (Å²) in [5.41, 5.74) is 2.51. The second-order valence-corrected chi connectivity index (χ2v) is 5.34. The van der Waals surface area contributed by atoms with Gasteiger partial charge in [0.05, 0.1) is 13.7 Å². The lowest BCUT2D eigenvalue weighted by Crippen LogP contribution is -2.36. The minimum absolute atomic E-state index is 0. The standard InChI is InChI=1S/C18H23FN4O.HI/c1-4-20-18(22-11-14-6-5-13(2)16(19)9-14)23-12-15-7-8-21-17(10-15)24-3;/h5-10H,4,11-12H2,1-3H3,(H2,20,22,23);1H. The molecule has 136 valence electrons. The first kappa shape index (κ1) is 21.1. The van der Waals surface area contributed by atoms with Crippen LogP contribution >= 0.6 is 24.0 Å². The van der Waals surface area contributed by atoms with E-state index in [9.17, 15) is 4.39 Å². The molecule has 0 saturated heterocycles. The number of hydrogen-bond donors (Lipinski definition) is 2. The molecule has 0 bridgehead atoms. The summed E-state index contributed by atoms with van der Waals surface area (Å²) in [5.74, 6) is 1.05. The first-order valence-electron chi connectivity index (χ1n) is 7.88. The van der Waals surface area contributed by atoms with Gasteiger partial charge in [0.25, 0.3) is 0 Å². The van der Waals surface area contributed by atoms with Gasteiger partial charge in [0.2, 0.25) is 5.88 Å². The molecule has 1 aromatic heterocycles. The lowest BCUT2D eigenvalue weighted by molar-refractivity contribution is 0.397. The fraction of sp³-hybridized carbons (Fsp3) is 0.333. The van der Waals surface area contributed by atoms with Crippen molar-refractivity contribution in [3.8, 4) is 5.88 Å². The Hall–Kier alpha value is -1.90. The minimum atomic E-state index is -0.204. The van der Waals surface area contributed by atoms with Gasteiger partial charge in [-0.15, -0.1) is 24.0 Å². The number of hydrogen-bond acceptors (Lipinski definition) is 3. The summed E-state index contributed by atoms with van der Waals surface area (Å²) in [5, 5.41) is 6.42. The van der Waals surface area contributed by atoms with E-state index in [1.165, 1.54) is 6.07 Å². The van der Waals surface area contributed by atoms with E-state index in [-0.39, 0.29) is 29.8 Å². The van der Waals surface area contributed by atoms with Gasteiger partial charge in [-0.3, -0.25) is 0 Å². The SMILES string of the molecule is CCNC(=NCc1ccc(C)c(F)c1)NCc1ccnc(OC)c1.I. The zero-order valence-electron chi connectivity index (χ0n) is 14.7. The molecule has 0 aliphatic carbocycles. The summed E-state index contributed by atoms with van der Waals surface area (Å²) in [6.07, 6.45) is 1.70. The third-order valence-corrected chi connectivity index (χ3v) is 3.47. The predicted molar refractivity (Wildman–Crippen MR) is 109 cm³/mol. The largest absolute Gasteiger partial charge is 0.481 e. The van der Waals surface area contributed by atoms with Gasteiger partial charge >= 0.3 is 0 Å². The normalized spacial score (nSPS) is 10.8. The highest BCUT2D eigenvalue weighted by Gasteiger charge is 2.02. The van der Waals surface area contributed by atoms with Crippen LogP contribution in [0.1, 0.15) is 23.6 Å². The molecule has 2 aromatic rings. The summed E-state index contributed by atoms with van der Waals surface area (Å²) < 4.78 is 18.7. The molecule has 5 nitrogen and oxygen atoms in total. The number of ether oxygens (including phenoxy) is 1. The molecular formula is C18H24FIN4O. The Kier molecular flexibility index (Phi) is 9.18. The van der Waals surface area contributed by atoms with Crippen molar-refractivity contribution in [2.75, 3.05) is 13.7 Å². The zero-order chi connectivity index (χ0) is 17.4. The van der Waals surface area contributed by atoms with Crippen molar-refractivity contribution < 1.29 is 9.13 Å². The molecule has 0 amide bonds. The summed E-state index contributed by atoms with van der Waals surface area (Å²) in [6, 6.07) is 8.96. The number of nitrogens with one attached hydrogen (secondary N) is 2. The van der Waals surface area contributed by atoms with Gasteiger partial charge in [-0.1, -0.05) is 12.1 Å². The van der Waals surface area contributed by atoms with Crippen LogP contribution in [0.4, 0.5) is 4.39 Å². The molecule has 0 aliphatic rings. The van der Waals surface area contributed by atoms with Crippen LogP contribution in [-0.2, 0) is 13.1 Å². The van der Waals surface area contributed by atoms with E-state index >= 15 is 0 Å². The molecule has 0 spiro atoms. The number of pyridine rings is 1. The van der Waals surface area contributed by atoms with Crippen molar-refractivity contribution in [1.29, 1.82) is 0 Å². The van der Waals surface area contributed by atoms with Crippen molar-refractivity contribution in [3.63, 3.8) is 0 Å². The molecule has 1 heterocycles. The monoisotopic (exact) mass is 458 g/mol. The van der Waals surface area contributed by atoms with E-state index in [1.54, 1.807) is 26.3 Å². The number of nitrogens with zero attached hydrogens (tertiary/aromatic N) is 2. The second-order valence-electron chi connectivity index (χ2n) is 5.34. The zero-order valence-corrected chi connectivity index (χ0v) is 17.0. The van der Waals surface area contributed by atoms with Crippen molar-refractivity contribution in [1.82, 2.24) is 15.6 Å². The van der Waals surface area contributed by atoms with E-state index in [4.69, 9.17) is 4.74 Å². The van der Waals surface area contributed by atoms with Crippen LogP contribution in [0.15, 0.2) is 41.5 Å². The Balaban J connectivity index is 0.00000312. The quantitative estimate of drug-likeness (QED) is 0.396. The van der Waals surface area contributed by atoms with Gasteiger partial charge in [0.15, 0.2) is 5.96 Å². The maximum Gasteiger partial charge on any atom is 0.213 e. The van der Waals surface area contributed by atoms with E-state index in [1.807, 2.05) is 25.1 Å². The van der Waals surface area contributed by atoms with Gasteiger partial charge in [-0.2, -0.15) is 0 Å². The fourth-order valence-electron chi connectivity index (χ4n) is 2.10. The number of benzene rings is 1. The predicted octanol–water partition coefficient (Wildman–Crippen LogP) is 3.41. The first-order valence-corrected chi connectivity index (χ1v) is 7.88. The Labute approximate surface area is 165 Å². The van der Waals surface area contributed by atoms with Gasteiger partial charge in [0, 0.05) is 25.4 Å². The highest BCUT2D eigenvalue weighted by atomic mass is 127. The maximum absolute atomic E-state index is 13.6. The van der Waals surface area contributed by atoms with Crippen molar-refractivity contribution in [3.05, 3.63) is 59.0 Å². The second kappa shape index (κ2) is 10.9. The van der Waals surface area contributed by atoms with Gasteiger partial charge < -0.3 is 15.4 Å². The molecule has 0 aliphatic heterocycles. The average molecular weight is 458 g/mol. The number of aliphatic imine (C=N–C) groups is 1. The molecule has 2 rings (SSSR count). The molecular weight excluding hydrogens is 434 g/mol. The van der Waals surface area contributed by atoms with Crippen LogP contribution in [0, 0.1) is 12.7 Å². The number of aromatic nitrogens is 1. The molecule has 1 aromatic carbocycles. The summed E-state index contributed by atoms with van der Waals surface area (Å²) in [6.45, 7) is 5.49. The topological polar surface area (TPSA) is 58.5 Å². The Morgan fingerprint density at radius 3 is 2.68 bits per heavy atom. The number of aryl methyl sites for hydroxylation is 1. The van der Waals surface area contributed by atoms with Crippen molar-refractivity contribution in [2.45, 2.75) is 26.9 Å². The number of guanidine groups is 1. The van der Waals surface area contributed by atoms with Crippen LogP contribution in [-0.4, -0.2) is 24.6 Å². The van der Waals surface area contributed by atoms with E-state index in [2.05, 4.69) is 20.6 Å². The van der Waals surface area contributed by atoms with Crippen LogP contribution in [0.3, 0.4) is 0 Å². The number of methoxy groups -OCH3 is 1. The average Bonchev–Trinajstić information content (AvgIpc) is 2.60. The molecule has 0 radical (unpaired) electrons. The molecule has 7 heteroatoms. The van der Waals surface area contributed by atoms with E-state index in [0.29, 0.717) is 30.5 Å². The van der Waals surface area contributed by atoms with Crippen LogP contribution in [0.5, 0.6) is 5.88 Å². The number of halogens is 2. The van der Waals surface area contributed by atoms with Crippen molar-refractivity contribution >= 4 is 29.9 Å². The van der Waals surface area contributed by atoms with Crippen LogP contribution < -0.4 is 15.4 Å². The van der Waals surface area contributed by atoms with Gasteiger partial charge in [-0.05, 0) is 42.7 Å². The highest BCUT2D eigenvalue weighted by molar-refractivity contribution is 14.0.